The van der Waals surface area contributed by atoms with Gasteiger partial charge in [-0.1, -0.05) is 0 Å². The molecule has 54 heavy (non-hydrogen) atoms. The second kappa shape index (κ2) is 18.7. The van der Waals surface area contributed by atoms with Gasteiger partial charge in [-0.25, -0.2) is 27.2 Å². The highest BCUT2D eigenvalue weighted by Crippen LogP contribution is 2.38. The maximum Gasteiger partial charge on any atom is 0.323 e. The quantitative estimate of drug-likeness (QED) is 0.0633. The highest BCUT2D eigenvalue weighted by molar-refractivity contribution is 9.11. The van der Waals surface area contributed by atoms with Crippen LogP contribution < -0.4 is 25.8 Å². The maximum atomic E-state index is 13.7. The van der Waals surface area contributed by atoms with E-state index in [4.69, 9.17) is 15.2 Å². The first kappa shape index (κ1) is 40.9. The Morgan fingerprint density at radius 2 is 1.43 bits per heavy atom. The Bertz CT molecular complexity index is 2290. The van der Waals surface area contributed by atoms with Crippen molar-refractivity contribution >= 4 is 66.7 Å². The van der Waals surface area contributed by atoms with Crippen molar-refractivity contribution in [2.45, 2.75) is 0 Å². The Morgan fingerprint density at radius 1 is 0.796 bits per heavy atom. The first-order valence-electron chi connectivity index (χ1n) is 15.4. The van der Waals surface area contributed by atoms with E-state index in [0.29, 0.717) is 29.3 Å². The molecule has 0 saturated carbocycles. The lowest BCUT2D eigenvalue weighted by Gasteiger charge is -2.14. The molecule has 0 bridgehead atoms. The second-order valence-electron chi connectivity index (χ2n) is 11.0. The van der Waals surface area contributed by atoms with E-state index in [1.165, 1.54) is 0 Å². The summed E-state index contributed by atoms with van der Waals surface area (Å²) in [5.74, 6) is -1.73. The van der Waals surface area contributed by atoms with Crippen LogP contribution in [0.15, 0.2) is 105 Å². The summed E-state index contributed by atoms with van der Waals surface area (Å²) in [6.07, 6.45) is 4.80. The minimum absolute atomic E-state index is 0.118. The zero-order valence-corrected chi connectivity index (χ0v) is 32.1. The number of nitrogen functional groups attached to an aromatic ring is 1. The predicted molar refractivity (Wildman–Crippen MR) is 206 cm³/mol. The number of benzene rings is 4. The fourth-order valence-corrected chi connectivity index (χ4v) is 6.08. The smallest absolute Gasteiger partial charge is 0.323 e. The first-order valence-corrected chi connectivity index (χ1v) is 17.0. The van der Waals surface area contributed by atoms with Gasteiger partial charge in [0.25, 0.3) is 0 Å². The summed E-state index contributed by atoms with van der Waals surface area (Å²) in [5.41, 5.74) is 10.2. The molecule has 0 radical (unpaired) electrons. The number of methoxy groups -OCH3 is 2. The minimum Gasteiger partial charge on any atom is -0.496 e. The number of aromatic nitrogens is 3. The summed E-state index contributed by atoms with van der Waals surface area (Å²) >= 11 is 6.96. The lowest BCUT2D eigenvalue weighted by molar-refractivity contribution is 0.262. The molecule has 0 aliphatic rings. The fraction of sp³-hybridized carbons (Fsp3) is 0.108. The number of nitrogens with two attached hydrogens (primary N) is 1. The number of halogens is 6. The van der Waals surface area contributed by atoms with Gasteiger partial charge in [-0.2, -0.15) is 10.1 Å². The van der Waals surface area contributed by atoms with Crippen molar-refractivity contribution in [3.05, 3.63) is 123 Å². The molecule has 0 unspecified atom stereocenters. The number of aryl methyl sites for hydroxylation is 2. The standard InChI is InChI=1S/C19H16BrF2N3O2.C11H12BrN3O.C7H3F2NO/c1-25-8-7-14(20)18(25)13-10-12(4-6-17(13)27-2)23-19(26)24-16-5-3-11(21)9-15(16)22;1-15-11(9(12)6-14-15)8-5-7(13)3-4-10(8)16-2;8-5-1-2-7(10-4-11)6(9)3-5/h3-10H,1-2H3,(H2,23,24,26);3-6H,13H2,1-2H3;1-3H. The molecule has 4 N–H and O–H groups in total. The van der Waals surface area contributed by atoms with Crippen LogP contribution in [0.3, 0.4) is 0 Å². The van der Waals surface area contributed by atoms with Crippen LogP contribution in [0, 0.1) is 23.3 Å². The van der Waals surface area contributed by atoms with E-state index in [1.807, 2.05) is 49.1 Å². The summed E-state index contributed by atoms with van der Waals surface area (Å²) in [7, 11) is 6.97. The van der Waals surface area contributed by atoms with Crippen LogP contribution in [0.4, 0.5) is 45.1 Å². The minimum atomic E-state index is -0.867. The number of anilines is 3. The monoisotopic (exact) mass is 871 g/mol. The van der Waals surface area contributed by atoms with Crippen LogP contribution >= 0.6 is 31.9 Å². The molecule has 2 aromatic heterocycles. The van der Waals surface area contributed by atoms with E-state index in [0.717, 1.165) is 67.6 Å². The molecule has 0 fully saturated rings. The molecule has 6 aromatic rings. The molecule has 11 nitrogen and oxygen atoms in total. The van der Waals surface area contributed by atoms with Gasteiger partial charge in [0.15, 0.2) is 5.82 Å². The Hall–Kier alpha value is -5.90. The molecule has 0 saturated heterocycles. The van der Waals surface area contributed by atoms with Crippen molar-refractivity contribution < 1.29 is 36.6 Å². The van der Waals surface area contributed by atoms with Crippen molar-refractivity contribution in [2.75, 3.05) is 30.6 Å². The number of amides is 2. The maximum absolute atomic E-state index is 13.7. The molecule has 280 valence electrons. The molecule has 0 spiro atoms. The van der Waals surface area contributed by atoms with E-state index in [1.54, 1.807) is 43.3 Å². The zero-order chi connectivity index (χ0) is 39.5. The lowest BCUT2D eigenvalue weighted by atomic mass is 10.1. The average molecular weight is 874 g/mol. The molecule has 2 amide bonds. The van der Waals surface area contributed by atoms with Crippen LogP contribution in [0.1, 0.15) is 0 Å². The molecule has 0 aliphatic heterocycles. The summed E-state index contributed by atoms with van der Waals surface area (Å²) in [6, 6.07) is 17.6. The fourth-order valence-electron chi connectivity index (χ4n) is 4.91. The number of aliphatic imine (C=N–C) groups is 1. The number of rotatable bonds is 7. The summed E-state index contributed by atoms with van der Waals surface area (Å²) in [6.45, 7) is 0. The number of ether oxygens (including phenoxy) is 2. The van der Waals surface area contributed by atoms with Crippen molar-refractivity contribution in [3.8, 4) is 34.0 Å². The van der Waals surface area contributed by atoms with Gasteiger partial charge in [-0.15, -0.1) is 0 Å². The summed E-state index contributed by atoms with van der Waals surface area (Å²) in [5, 5.41) is 9.16. The third-order valence-corrected chi connectivity index (χ3v) is 8.58. The summed E-state index contributed by atoms with van der Waals surface area (Å²) < 4.78 is 67.6. The third kappa shape index (κ3) is 10.4. The number of hydrogen-bond donors (Lipinski definition) is 3. The Balaban J connectivity index is 0.000000203. The van der Waals surface area contributed by atoms with Gasteiger partial charge in [-0.3, -0.25) is 4.68 Å². The largest absolute Gasteiger partial charge is 0.496 e. The van der Waals surface area contributed by atoms with Gasteiger partial charge in [0.05, 0.1) is 42.0 Å². The highest BCUT2D eigenvalue weighted by Gasteiger charge is 2.16. The number of nitrogens with one attached hydrogen (secondary N) is 2. The second-order valence-corrected chi connectivity index (χ2v) is 12.7. The van der Waals surface area contributed by atoms with Crippen LogP contribution in [0.2, 0.25) is 0 Å². The van der Waals surface area contributed by atoms with Crippen molar-refractivity contribution in [2.24, 2.45) is 19.1 Å². The number of nitrogens with zero attached hydrogens (tertiary/aromatic N) is 4. The highest BCUT2D eigenvalue weighted by atomic mass is 79.9. The Morgan fingerprint density at radius 3 is 1.98 bits per heavy atom. The van der Waals surface area contributed by atoms with Gasteiger partial charge < -0.3 is 30.4 Å². The topological polar surface area (TPSA) is 138 Å². The number of carbonyl (C=O) groups is 1. The van der Waals surface area contributed by atoms with E-state index < -0.39 is 29.3 Å². The van der Waals surface area contributed by atoms with E-state index in [-0.39, 0.29) is 11.4 Å². The van der Waals surface area contributed by atoms with E-state index >= 15 is 0 Å². The van der Waals surface area contributed by atoms with Crippen molar-refractivity contribution in [1.29, 1.82) is 0 Å². The van der Waals surface area contributed by atoms with Crippen LogP contribution in [-0.2, 0) is 18.9 Å². The van der Waals surface area contributed by atoms with Gasteiger partial charge in [-0.05, 0) is 98.6 Å². The van der Waals surface area contributed by atoms with Gasteiger partial charge in [0, 0.05) is 59.4 Å². The molecule has 4 aromatic carbocycles. The average Bonchev–Trinajstić information content (AvgIpc) is 3.65. The van der Waals surface area contributed by atoms with Crippen LogP contribution in [-0.4, -0.2) is 40.7 Å². The molecule has 6 rings (SSSR count). The predicted octanol–water partition coefficient (Wildman–Crippen LogP) is 9.76. The SMILES string of the molecule is COc1ccc(N)cc1-c1c(Br)cnn1C.COc1ccc(NC(=O)Nc2ccc(F)cc2F)cc1-c1c(Br)ccn1C.O=C=Nc1ccc(F)cc1F. The number of hydrogen-bond acceptors (Lipinski definition) is 7. The number of isocyanates is 1. The molecular weight excluding hydrogens is 842 g/mol. The van der Waals surface area contributed by atoms with E-state index in [2.05, 4.69) is 52.6 Å². The molecule has 2 heterocycles. The van der Waals surface area contributed by atoms with Crippen LogP contribution in [0.5, 0.6) is 11.5 Å². The number of carbonyl (C=O) groups excluding carboxylic acids is 2. The zero-order valence-electron chi connectivity index (χ0n) is 28.9. The molecule has 0 atom stereocenters. The van der Waals surface area contributed by atoms with E-state index in [9.17, 15) is 27.2 Å². The number of urea groups is 1. The molecule has 0 aliphatic carbocycles. The first-order chi connectivity index (χ1) is 25.8. The van der Waals surface area contributed by atoms with Crippen LogP contribution in [0.25, 0.3) is 22.5 Å². The van der Waals surface area contributed by atoms with Crippen molar-refractivity contribution in [1.82, 2.24) is 14.3 Å². The molecule has 17 heteroatoms. The third-order valence-electron chi connectivity index (χ3n) is 7.36. The summed E-state index contributed by atoms with van der Waals surface area (Å²) in [4.78, 5) is 24.8. The molecular formula is C37H31Br2F4N7O4. The Kier molecular flexibility index (Phi) is 14.2. The lowest BCUT2D eigenvalue weighted by Crippen LogP contribution is -2.20. The Labute approximate surface area is 323 Å². The van der Waals surface area contributed by atoms with Gasteiger partial charge in [0.1, 0.15) is 34.6 Å². The normalized spacial score (nSPS) is 10.2. The van der Waals surface area contributed by atoms with Gasteiger partial charge in [0.2, 0.25) is 6.08 Å². The van der Waals surface area contributed by atoms with Gasteiger partial charge >= 0.3 is 6.03 Å². The van der Waals surface area contributed by atoms with Crippen molar-refractivity contribution in [3.63, 3.8) is 0 Å².